The molecule has 0 saturated heterocycles. The first kappa shape index (κ1) is 13.0. The van der Waals surface area contributed by atoms with Gasteiger partial charge in [0.1, 0.15) is 5.01 Å². The fourth-order valence-corrected chi connectivity index (χ4v) is 5.09. The van der Waals surface area contributed by atoms with Gasteiger partial charge in [0.15, 0.2) is 0 Å². The summed E-state index contributed by atoms with van der Waals surface area (Å²) in [5.74, 6) is 0. The minimum atomic E-state index is 0.941. The zero-order valence-electron chi connectivity index (χ0n) is 11.6. The van der Waals surface area contributed by atoms with Gasteiger partial charge in [0.25, 0.3) is 0 Å². The third kappa shape index (κ3) is 2.28. The predicted molar refractivity (Wildman–Crippen MR) is 91.9 cm³/mol. The predicted octanol–water partition coefficient (Wildman–Crippen LogP) is 5.00. The summed E-state index contributed by atoms with van der Waals surface area (Å²) in [6, 6.07) is 10.3. The molecule has 0 aliphatic heterocycles. The van der Waals surface area contributed by atoms with Crippen LogP contribution < -0.4 is 5.73 Å². The summed E-state index contributed by atoms with van der Waals surface area (Å²) in [7, 11) is 0. The van der Waals surface area contributed by atoms with E-state index in [4.69, 9.17) is 10.7 Å². The highest BCUT2D eigenvalue weighted by Gasteiger charge is 2.22. The minimum Gasteiger partial charge on any atom is -0.390 e. The second-order valence-electron chi connectivity index (χ2n) is 5.35. The van der Waals surface area contributed by atoms with Gasteiger partial charge in [0.05, 0.1) is 10.7 Å². The molecule has 1 aliphatic rings. The van der Waals surface area contributed by atoms with E-state index in [1.165, 1.54) is 40.8 Å². The van der Waals surface area contributed by atoms with Gasteiger partial charge in [-0.2, -0.15) is 0 Å². The third-order valence-corrected chi connectivity index (χ3v) is 5.97. The van der Waals surface area contributed by atoms with Crippen LogP contribution in [0.5, 0.6) is 0 Å². The van der Waals surface area contributed by atoms with Crippen molar-refractivity contribution in [2.75, 3.05) is 5.73 Å². The SMILES string of the molecule is Nc1sc2c(c1-c1nc(-c3ccccc3)cs1)CCCC2. The lowest BCUT2D eigenvalue weighted by molar-refractivity contribution is 0.698. The first-order chi connectivity index (χ1) is 10.3. The van der Waals surface area contributed by atoms with Crippen LogP contribution in [0.4, 0.5) is 5.00 Å². The number of thiazole rings is 1. The summed E-state index contributed by atoms with van der Waals surface area (Å²) in [4.78, 5) is 6.31. The highest BCUT2D eigenvalue weighted by Crippen LogP contribution is 2.44. The summed E-state index contributed by atoms with van der Waals surface area (Å²) in [5.41, 5.74) is 11.2. The molecule has 2 heterocycles. The summed E-state index contributed by atoms with van der Waals surface area (Å²) in [5, 5.41) is 4.15. The second-order valence-corrected chi connectivity index (χ2v) is 7.35. The maximum absolute atomic E-state index is 6.29. The molecule has 0 saturated carbocycles. The lowest BCUT2D eigenvalue weighted by atomic mass is 9.96. The fraction of sp³-hybridized carbons (Fsp3) is 0.235. The summed E-state index contributed by atoms with van der Waals surface area (Å²) < 4.78 is 0. The standard InChI is InChI=1S/C17H16N2S2/c18-16-15(12-8-4-5-9-14(12)21-16)17-19-13(10-20-17)11-6-2-1-3-7-11/h1-3,6-7,10H,4-5,8-9,18H2. The molecular weight excluding hydrogens is 296 g/mol. The topological polar surface area (TPSA) is 38.9 Å². The molecule has 1 aliphatic carbocycles. The van der Waals surface area contributed by atoms with Gasteiger partial charge in [-0.25, -0.2) is 4.98 Å². The quantitative estimate of drug-likeness (QED) is 0.723. The van der Waals surface area contributed by atoms with Gasteiger partial charge in [0, 0.05) is 21.4 Å². The van der Waals surface area contributed by atoms with E-state index in [1.54, 1.807) is 22.7 Å². The molecule has 0 unspecified atom stereocenters. The van der Waals surface area contributed by atoms with Gasteiger partial charge in [-0.1, -0.05) is 30.3 Å². The molecule has 1 aromatic carbocycles. The van der Waals surface area contributed by atoms with Crippen molar-refractivity contribution < 1.29 is 0 Å². The molecule has 0 atom stereocenters. The Morgan fingerprint density at radius 3 is 2.71 bits per heavy atom. The number of aromatic nitrogens is 1. The minimum absolute atomic E-state index is 0.941. The molecular formula is C17H16N2S2. The Morgan fingerprint density at radius 2 is 1.86 bits per heavy atom. The maximum Gasteiger partial charge on any atom is 0.127 e. The molecule has 0 amide bonds. The van der Waals surface area contributed by atoms with Crippen LogP contribution in [-0.4, -0.2) is 4.98 Å². The van der Waals surface area contributed by atoms with Crippen LogP contribution in [0.15, 0.2) is 35.7 Å². The largest absolute Gasteiger partial charge is 0.390 e. The highest BCUT2D eigenvalue weighted by atomic mass is 32.1. The number of rotatable bonds is 2. The number of anilines is 1. The van der Waals surface area contributed by atoms with Crippen molar-refractivity contribution in [2.45, 2.75) is 25.7 Å². The van der Waals surface area contributed by atoms with E-state index in [1.807, 2.05) is 6.07 Å². The van der Waals surface area contributed by atoms with Crippen molar-refractivity contribution in [1.29, 1.82) is 0 Å². The molecule has 106 valence electrons. The van der Waals surface area contributed by atoms with Gasteiger partial charge < -0.3 is 5.73 Å². The van der Waals surface area contributed by atoms with Crippen LogP contribution in [0.3, 0.4) is 0 Å². The van der Waals surface area contributed by atoms with Crippen molar-refractivity contribution in [3.8, 4) is 21.8 Å². The number of aryl methyl sites for hydroxylation is 1. The fourth-order valence-electron chi connectivity index (χ4n) is 2.95. The Hall–Kier alpha value is -1.65. The zero-order chi connectivity index (χ0) is 14.2. The van der Waals surface area contributed by atoms with Crippen molar-refractivity contribution in [3.63, 3.8) is 0 Å². The maximum atomic E-state index is 6.29. The van der Waals surface area contributed by atoms with E-state index in [0.717, 1.165) is 22.1 Å². The summed E-state index contributed by atoms with van der Waals surface area (Å²) in [6.45, 7) is 0. The van der Waals surface area contributed by atoms with Crippen molar-refractivity contribution >= 4 is 27.7 Å². The van der Waals surface area contributed by atoms with Crippen LogP contribution in [0.25, 0.3) is 21.8 Å². The number of fused-ring (bicyclic) bond motifs is 1. The Bertz CT molecular complexity index is 771. The molecule has 2 nitrogen and oxygen atoms in total. The molecule has 0 spiro atoms. The first-order valence-corrected chi connectivity index (χ1v) is 8.94. The summed E-state index contributed by atoms with van der Waals surface area (Å²) >= 11 is 3.47. The van der Waals surface area contributed by atoms with Crippen molar-refractivity contribution in [1.82, 2.24) is 4.98 Å². The molecule has 21 heavy (non-hydrogen) atoms. The molecule has 4 heteroatoms. The average molecular weight is 312 g/mol. The van der Waals surface area contributed by atoms with Crippen LogP contribution in [-0.2, 0) is 12.8 Å². The Labute approximate surface area is 132 Å². The van der Waals surface area contributed by atoms with E-state index >= 15 is 0 Å². The third-order valence-electron chi connectivity index (χ3n) is 3.99. The van der Waals surface area contributed by atoms with Crippen molar-refractivity contribution in [2.24, 2.45) is 0 Å². The van der Waals surface area contributed by atoms with Gasteiger partial charge in [-0.15, -0.1) is 22.7 Å². The van der Waals surface area contributed by atoms with Crippen molar-refractivity contribution in [3.05, 3.63) is 46.2 Å². The van der Waals surface area contributed by atoms with Gasteiger partial charge in [0.2, 0.25) is 0 Å². The molecule has 2 N–H and O–H groups in total. The number of thiophene rings is 1. The molecule has 0 fully saturated rings. The molecule has 0 radical (unpaired) electrons. The van der Waals surface area contributed by atoms with Crippen LogP contribution >= 0.6 is 22.7 Å². The second kappa shape index (κ2) is 5.28. The Balaban J connectivity index is 1.78. The number of hydrogen-bond donors (Lipinski definition) is 1. The number of nitrogen functional groups attached to an aromatic ring is 1. The van der Waals surface area contributed by atoms with E-state index < -0.39 is 0 Å². The monoisotopic (exact) mass is 312 g/mol. The van der Waals surface area contributed by atoms with Gasteiger partial charge >= 0.3 is 0 Å². The average Bonchev–Trinajstić information content (AvgIpc) is 3.11. The van der Waals surface area contributed by atoms with Crippen LogP contribution in [0, 0.1) is 0 Å². The lowest BCUT2D eigenvalue weighted by Gasteiger charge is -2.11. The molecule has 2 aromatic heterocycles. The molecule has 3 aromatic rings. The van der Waals surface area contributed by atoms with E-state index in [-0.39, 0.29) is 0 Å². The smallest absolute Gasteiger partial charge is 0.127 e. The normalized spacial score (nSPS) is 14.1. The number of nitrogens with zero attached hydrogens (tertiary/aromatic N) is 1. The van der Waals surface area contributed by atoms with E-state index in [9.17, 15) is 0 Å². The first-order valence-electron chi connectivity index (χ1n) is 7.24. The van der Waals surface area contributed by atoms with Crippen LogP contribution in [0.1, 0.15) is 23.3 Å². The Kier molecular flexibility index (Phi) is 3.28. The number of nitrogens with two attached hydrogens (primary N) is 1. The highest BCUT2D eigenvalue weighted by molar-refractivity contribution is 7.18. The van der Waals surface area contributed by atoms with Gasteiger partial charge in [-0.3, -0.25) is 0 Å². The van der Waals surface area contributed by atoms with E-state index in [2.05, 4.69) is 29.6 Å². The van der Waals surface area contributed by atoms with Gasteiger partial charge in [-0.05, 0) is 31.2 Å². The van der Waals surface area contributed by atoms with Crippen LogP contribution in [0.2, 0.25) is 0 Å². The summed E-state index contributed by atoms with van der Waals surface area (Å²) in [6.07, 6.45) is 4.90. The zero-order valence-corrected chi connectivity index (χ0v) is 13.3. The molecule has 0 bridgehead atoms. The number of hydrogen-bond acceptors (Lipinski definition) is 4. The Morgan fingerprint density at radius 1 is 1.05 bits per heavy atom. The lowest BCUT2D eigenvalue weighted by Crippen LogP contribution is -1.99. The number of benzene rings is 1. The van der Waals surface area contributed by atoms with E-state index in [0.29, 0.717) is 0 Å². The molecule has 4 rings (SSSR count).